The van der Waals surface area contributed by atoms with Gasteiger partial charge in [0.25, 0.3) is 0 Å². The van der Waals surface area contributed by atoms with Gasteiger partial charge in [0.05, 0.1) is 6.10 Å². The lowest BCUT2D eigenvalue weighted by Crippen LogP contribution is -2.64. The molecule has 1 aromatic rings. The average molecular weight is 336 g/mol. The molecule has 2 aliphatic carbocycles. The first-order chi connectivity index (χ1) is 11.5. The SMILES string of the molecule is CCO[C@H]1C[C@@H](NC(=O)Cn2cc([N+](=O)[O-])nc2C)C12CCCC2. The predicted octanol–water partition coefficient (Wildman–Crippen LogP) is 1.95. The van der Waals surface area contributed by atoms with Crippen LogP contribution in [0.15, 0.2) is 6.20 Å². The number of hydrogen-bond donors (Lipinski definition) is 1. The molecule has 3 rings (SSSR count). The van der Waals surface area contributed by atoms with E-state index in [9.17, 15) is 14.9 Å². The largest absolute Gasteiger partial charge is 0.381 e. The second-order valence-corrected chi connectivity index (χ2v) is 6.77. The number of ether oxygens (including phenoxy) is 1. The second kappa shape index (κ2) is 6.51. The fraction of sp³-hybridized carbons (Fsp3) is 0.750. The van der Waals surface area contributed by atoms with E-state index in [1.54, 1.807) is 6.92 Å². The smallest absolute Gasteiger partial charge is 0.378 e. The van der Waals surface area contributed by atoms with E-state index in [1.165, 1.54) is 23.6 Å². The lowest BCUT2D eigenvalue weighted by Gasteiger charge is -2.54. The maximum atomic E-state index is 12.4. The molecule has 0 aromatic carbocycles. The molecular weight excluding hydrogens is 312 g/mol. The minimum absolute atomic E-state index is 0.0541. The van der Waals surface area contributed by atoms with Gasteiger partial charge in [-0.05, 0) is 36.1 Å². The highest BCUT2D eigenvalue weighted by Gasteiger charge is 2.57. The average Bonchev–Trinajstić information content (AvgIpc) is 3.16. The fourth-order valence-electron chi connectivity index (χ4n) is 4.22. The van der Waals surface area contributed by atoms with E-state index in [2.05, 4.69) is 10.3 Å². The number of nitrogens with zero attached hydrogens (tertiary/aromatic N) is 3. The van der Waals surface area contributed by atoms with E-state index >= 15 is 0 Å². The highest BCUT2D eigenvalue weighted by atomic mass is 16.6. The quantitative estimate of drug-likeness (QED) is 0.632. The number of amides is 1. The zero-order valence-electron chi connectivity index (χ0n) is 14.2. The minimum atomic E-state index is -0.548. The van der Waals surface area contributed by atoms with Gasteiger partial charge in [0.15, 0.2) is 0 Å². The zero-order chi connectivity index (χ0) is 17.3. The van der Waals surface area contributed by atoms with Crippen LogP contribution in [-0.4, -0.2) is 39.1 Å². The van der Waals surface area contributed by atoms with Crippen LogP contribution in [0.2, 0.25) is 0 Å². The van der Waals surface area contributed by atoms with E-state index < -0.39 is 4.92 Å². The lowest BCUT2D eigenvalue weighted by molar-refractivity contribution is -0.389. The van der Waals surface area contributed by atoms with E-state index in [1.807, 2.05) is 6.92 Å². The summed E-state index contributed by atoms with van der Waals surface area (Å²) in [6.07, 6.45) is 6.96. The number of carbonyl (C=O) groups excluding carboxylic acids is 1. The molecule has 24 heavy (non-hydrogen) atoms. The maximum Gasteiger partial charge on any atom is 0.381 e. The van der Waals surface area contributed by atoms with Gasteiger partial charge in [0.2, 0.25) is 11.7 Å². The van der Waals surface area contributed by atoms with Crippen LogP contribution in [0.5, 0.6) is 0 Å². The monoisotopic (exact) mass is 336 g/mol. The molecule has 0 unspecified atom stereocenters. The first-order valence-corrected chi connectivity index (χ1v) is 8.55. The Kier molecular flexibility index (Phi) is 4.58. The predicted molar refractivity (Wildman–Crippen MR) is 86.5 cm³/mol. The van der Waals surface area contributed by atoms with Crippen molar-refractivity contribution in [2.45, 2.75) is 64.6 Å². The molecule has 0 aliphatic heterocycles. The number of nitrogens with one attached hydrogen (secondary N) is 1. The molecule has 8 heteroatoms. The molecule has 1 heterocycles. The summed E-state index contributed by atoms with van der Waals surface area (Å²) in [7, 11) is 0. The Balaban J connectivity index is 1.62. The Morgan fingerprint density at radius 2 is 2.25 bits per heavy atom. The summed E-state index contributed by atoms with van der Waals surface area (Å²) in [6, 6.07) is 0.142. The second-order valence-electron chi connectivity index (χ2n) is 6.77. The molecule has 2 saturated carbocycles. The first-order valence-electron chi connectivity index (χ1n) is 8.55. The molecule has 2 fully saturated rings. The van der Waals surface area contributed by atoms with E-state index in [0.29, 0.717) is 12.4 Å². The van der Waals surface area contributed by atoms with Crippen molar-refractivity contribution in [1.82, 2.24) is 14.9 Å². The third-order valence-electron chi connectivity index (χ3n) is 5.49. The number of rotatable bonds is 6. The Hall–Kier alpha value is -1.96. The van der Waals surface area contributed by atoms with Gasteiger partial charge in [-0.3, -0.25) is 9.36 Å². The summed E-state index contributed by atoms with van der Waals surface area (Å²) >= 11 is 0. The normalized spacial score (nSPS) is 24.8. The van der Waals surface area contributed by atoms with Crippen molar-refractivity contribution >= 4 is 11.7 Å². The lowest BCUT2D eigenvalue weighted by atomic mass is 9.60. The van der Waals surface area contributed by atoms with Crippen molar-refractivity contribution in [3.8, 4) is 0 Å². The third kappa shape index (κ3) is 2.90. The number of aryl methyl sites for hydroxylation is 1. The summed E-state index contributed by atoms with van der Waals surface area (Å²) in [5.74, 6) is 0.109. The fourth-order valence-corrected chi connectivity index (χ4v) is 4.22. The topological polar surface area (TPSA) is 99.3 Å². The van der Waals surface area contributed by atoms with Crippen molar-refractivity contribution in [2.24, 2.45) is 5.41 Å². The Morgan fingerprint density at radius 3 is 2.83 bits per heavy atom. The number of aromatic nitrogens is 2. The van der Waals surface area contributed by atoms with Crippen LogP contribution in [0.1, 0.15) is 44.9 Å². The van der Waals surface area contributed by atoms with E-state index in [4.69, 9.17) is 4.74 Å². The van der Waals surface area contributed by atoms with Gasteiger partial charge in [-0.2, -0.15) is 0 Å². The minimum Gasteiger partial charge on any atom is -0.378 e. The molecule has 2 aliphatic rings. The van der Waals surface area contributed by atoms with Crippen LogP contribution in [0.3, 0.4) is 0 Å². The van der Waals surface area contributed by atoms with Crippen molar-refractivity contribution in [2.75, 3.05) is 6.61 Å². The van der Waals surface area contributed by atoms with E-state index in [0.717, 1.165) is 19.3 Å². The highest BCUT2D eigenvalue weighted by Crippen LogP contribution is 2.54. The number of carbonyl (C=O) groups is 1. The van der Waals surface area contributed by atoms with Crippen LogP contribution in [0, 0.1) is 22.5 Å². The zero-order valence-corrected chi connectivity index (χ0v) is 14.2. The highest BCUT2D eigenvalue weighted by molar-refractivity contribution is 5.76. The van der Waals surface area contributed by atoms with Crippen LogP contribution >= 0.6 is 0 Å². The Bertz CT molecular complexity index is 636. The van der Waals surface area contributed by atoms with E-state index in [-0.39, 0.29) is 35.8 Å². The molecule has 132 valence electrons. The summed E-state index contributed by atoms with van der Waals surface area (Å²) in [4.78, 5) is 26.4. The molecule has 0 radical (unpaired) electrons. The molecule has 0 saturated heterocycles. The molecule has 1 N–H and O–H groups in total. The van der Waals surface area contributed by atoms with Crippen LogP contribution in [0.4, 0.5) is 5.82 Å². The standard InChI is InChI=1S/C16H24N4O4/c1-3-24-13-8-12(16(13)6-4-5-7-16)18-15(21)10-19-9-14(20(22)23)17-11(19)2/h9,12-13H,3-8,10H2,1-2H3,(H,18,21)/t12-,13+/m1/s1. The van der Waals surface area contributed by atoms with Crippen LogP contribution < -0.4 is 5.32 Å². The Morgan fingerprint density at radius 1 is 1.54 bits per heavy atom. The molecule has 1 amide bonds. The van der Waals surface area contributed by atoms with Crippen LogP contribution in [0.25, 0.3) is 0 Å². The summed E-state index contributed by atoms with van der Waals surface area (Å²) < 4.78 is 7.37. The van der Waals surface area contributed by atoms with Gasteiger partial charge in [-0.15, -0.1) is 0 Å². The van der Waals surface area contributed by atoms with Crippen LogP contribution in [-0.2, 0) is 16.1 Å². The van der Waals surface area contributed by atoms with Gasteiger partial charge in [0.1, 0.15) is 12.7 Å². The molecular formula is C16H24N4O4. The summed E-state index contributed by atoms with van der Waals surface area (Å²) in [5.41, 5.74) is 0.0850. The van der Waals surface area contributed by atoms with Crippen molar-refractivity contribution < 1.29 is 14.5 Å². The van der Waals surface area contributed by atoms with Gasteiger partial charge < -0.3 is 20.2 Å². The van der Waals surface area contributed by atoms with Gasteiger partial charge in [-0.25, -0.2) is 0 Å². The van der Waals surface area contributed by atoms with Gasteiger partial charge in [-0.1, -0.05) is 12.8 Å². The molecule has 1 aromatic heterocycles. The number of hydrogen-bond acceptors (Lipinski definition) is 5. The molecule has 1 spiro atoms. The maximum absolute atomic E-state index is 12.4. The number of imidazole rings is 1. The molecule has 8 nitrogen and oxygen atoms in total. The van der Waals surface area contributed by atoms with Gasteiger partial charge in [0, 0.05) is 25.0 Å². The van der Waals surface area contributed by atoms with Crippen molar-refractivity contribution in [3.05, 3.63) is 22.1 Å². The third-order valence-corrected chi connectivity index (χ3v) is 5.49. The molecule has 2 atom stereocenters. The summed E-state index contributed by atoms with van der Waals surface area (Å²) in [5, 5.41) is 13.9. The van der Waals surface area contributed by atoms with Crippen molar-refractivity contribution in [1.29, 1.82) is 0 Å². The Labute approximate surface area is 140 Å². The molecule has 0 bridgehead atoms. The first kappa shape index (κ1) is 16.9. The van der Waals surface area contributed by atoms with Crippen molar-refractivity contribution in [3.63, 3.8) is 0 Å². The van der Waals surface area contributed by atoms with Gasteiger partial charge >= 0.3 is 5.82 Å². The summed E-state index contributed by atoms with van der Waals surface area (Å²) in [6.45, 7) is 4.42. The number of nitro groups is 1.